The first kappa shape index (κ1) is 27.8. The van der Waals surface area contributed by atoms with Gasteiger partial charge in [-0.1, -0.05) is 18.2 Å². The van der Waals surface area contributed by atoms with Gasteiger partial charge < -0.3 is 30.3 Å². The summed E-state index contributed by atoms with van der Waals surface area (Å²) in [6.45, 7) is 7.66. The topological polar surface area (TPSA) is 126 Å². The molecule has 0 aliphatic carbocycles. The Morgan fingerprint density at radius 2 is 1.76 bits per heavy atom. The summed E-state index contributed by atoms with van der Waals surface area (Å²) in [5, 5.41) is 44.4. The van der Waals surface area contributed by atoms with Crippen LogP contribution in [0.4, 0.5) is 5.69 Å². The largest absolute Gasteiger partial charge is 0.388 e. The maximum atomic E-state index is 12.6. The van der Waals surface area contributed by atoms with Crippen molar-refractivity contribution in [2.75, 3.05) is 24.5 Å². The average Bonchev–Trinajstić information content (AvgIpc) is 3.40. The molecular formula is C29H33N3O5S. The summed E-state index contributed by atoms with van der Waals surface area (Å²) < 4.78 is 5.50. The van der Waals surface area contributed by atoms with E-state index in [0.29, 0.717) is 0 Å². The Balaban J connectivity index is 1.45. The molecule has 9 heteroatoms. The molecule has 1 saturated heterocycles. The van der Waals surface area contributed by atoms with Crippen LogP contribution in [-0.2, 0) is 9.53 Å². The number of anilines is 1. The lowest BCUT2D eigenvalue weighted by Gasteiger charge is -2.39. The third-order valence-corrected chi connectivity index (χ3v) is 8.01. The van der Waals surface area contributed by atoms with Gasteiger partial charge in [-0.25, -0.2) is 0 Å². The van der Waals surface area contributed by atoms with Crippen molar-refractivity contribution in [3.05, 3.63) is 59.0 Å². The van der Waals surface area contributed by atoms with E-state index in [0.717, 1.165) is 33.8 Å². The Bertz CT molecular complexity index is 1360. The van der Waals surface area contributed by atoms with Gasteiger partial charge in [0.2, 0.25) is 0 Å². The maximum absolute atomic E-state index is 12.6. The van der Waals surface area contributed by atoms with Gasteiger partial charge in [-0.05, 0) is 73.5 Å². The summed E-state index contributed by atoms with van der Waals surface area (Å²) >= 11 is 1.48. The molecule has 2 aromatic carbocycles. The fraction of sp³-hybridized carbons (Fsp3) is 0.379. The predicted molar refractivity (Wildman–Crippen MR) is 150 cm³/mol. The first-order chi connectivity index (χ1) is 18.2. The fourth-order valence-corrected chi connectivity index (χ4v) is 5.59. The normalized spacial score (nSPS) is 23.7. The highest BCUT2D eigenvalue weighted by molar-refractivity contribution is 7.16. The van der Waals surface area contributed by atoms with Crippen molar-refractivity contribution < 1.29 is 24.9 Å². The molecule has 1 aromatic heterocycles. The number of rotatable bonds is 8. The molecule has 38 heavy (non-hydrogen) atoms. The molecule has 200 valence electrons. The van der Waals surface area contributed by atoms with E-state index in [1.54, 1.807) is 6.92 Å². The third kappa shape index (κ3) is 5.90. The van der Waals surface area contributed by atoms with Gasteiger partial charge in [0.05, 0.1) is 6.10 Å². The van der Waals surface area contributed by atoms with Gasteiger partial charge in [-0.3, -0.25) is 4.79 Å². The van der Waals surface area contributed by atoms with Crippen molar-refractivity contribution in [1.82, 2.24) is 5.32 Å². The van der Waals surface area contributed by atoms with Crippen molar-refractivity contribution in [3.8, 4) is 16.5 Å². The van der Waals surface area contributed by atoms with Crippen LogP contribution >= 0.6 is 11.3 Å². The molecule has 4 N–H and O–H groups in total. The molecule has 8 nitrogen and oxygen atoms in total. The zero-order chi connectivity index (χ0) is 27.4. The van der Waals surface area contributed by atoms with Crippen LogP contribution in [0.2, 0.25) is 0 Å². The lowest BCUT2D eigenvalue weighted by Crippen LogP contribution is -2.59. The monoisotopic (exact) mass is 535 g/mol. The summed E-state index contributed by atoms with van der Waals surface area (Å²) in [5.74, 6) is -0.610. The average molecular weight is 536 g/mol. The molecule has 0 bridgehead atoms. The van der Waals surface area contributed by atoms with Crippen molar-refractivity contribution in [1.29, 1.82) is 5.26 Å². The molecule has 0 radical (unpaired) electrons. The molecule has 1 fully saturated rings. The molecule has 0 spiro atoms. The van der Waals surface area contributed by atoms with Crippen LogP contribution in [0.3, 0.4) is 0 Å². The molecule has 1 aliphatic heterocycles. The molecule has 5 atom stereocenters. The van der Waals surface area contributed by atoms with E-state index in [4.69, 9.17) is 4.74 Å². The van der Waals surface area contributed by atoms with Gasteiger partial charge in [-0.15, -0.1) is 11.3 Å². The fourth-order valence-electron chi connectivity index (χ4n) is 4.64. The number of thiophene rings is 1. The maximum Gasteiger partial charge on any atom is 0.262 e. The molecule has 1 unspecified atom stereocenters. The highest BCUT2D eigenvalue weighted by Crippen LogP contribution is 2.32. The number of fused-ring (bicyclic) bond motifs is 1. The third-order valence-electron chi connectivity index (χ3n) is 6.93. The summed E-state index contributed by atoms with van der Waals surface area (Å²) in [5.41, 5.74) is 2.17. The van der Waals surface area contributed by atoms with Crippen LogP contribution in [0.5, 0.6) is 0 Å². The second kappa shape index (κ2) is 12.1. The highest BCUT2D eigenvalue weighted by Gasteiger charge is 2.41. The summed E-state index contributed by atoms with van der Waals surface area (Å²) in [4.78, 5) is 16.7. The SMILES string of the molecule is CCN(CC)c1ccc2cc(-c3ccc(/C=C(\C#N)C(=O)NC[C@H]4OC(C)[C@H](O)[C@@H](O)[C@@H]4O)s3)ccc2c1. The van der Waals surface area contributed by atoms with Gasteiger partial charge in [0.15, 0.2) is 0 Å². The van der Waals surface area contributed by atoms with E-state index < -0.39 is 36.4 Å². The number of nitriles is 1. The zero-order valence-electron chi connectivity index (χ0n) is 21.7. The summed E-state index contributed by atoms with van der Waals surface area (Å²) in [6, 6.07) is 18.6. The van der Waals surface area contributed by atoms with Gasteiger partial charge in [0.1, 0.15) is 36.1 Å². The van der Waals surface area contributed by atoms with Gasteiger partial charge in [-0.2, -0.15) is 5.26 Å². The highest BCUT2D eigenvalue weighted by atomic mass is 32.1. The van der Waals surface area contributed by atoms with Crippen molar-refractivity contribution >= 4 is 39.8 Å². The van der Waals surface area contributed by atoms with Crippen LogP contribution in [-0.4, -0.2) is 71.4 Å². The summed E-state index contributed by atoms with van der Waals surface area (Å²) in [7, 11) is 0. The lowest BCUT2D eigenvalue weighted by molar-refractivity contribution is -0.215. The molecule has 2 heterocycles. The minimum atomic E-state index is -1.38. The number of carbonyl (C=O) groups is 1. The minimum absolute atomic E-state index is 0.0835. The number of hydrogen-bond acceptors (Lipinski definition) is 8. The van der Waals surface area contributed by atoms with E-state index in [1.807, 2.05) is 18.2 Å². The number of ether oxygens (including phenoxy) is 1. The molecule has 1 aliphatic rings. The number of nitrogens with zero attached hydrogens (tertiary/aromatic N) is 2. The number of carbonyl (C=O) groups excluding carboxylic acids is 1. The number of amides is 1. The van der Waals surface area contributed by atoms with E-state index in [1.165, 1.54) is 28.5 Å². The number of aliphatic hydroxyl groups is 3. The van der Waals surface area contributed by atoms with Crippen LogP contribution < -0.4 is 10.2 Å². The Hall–Kier alpha value is -3.26. The number of hydrogen-bond donors (Lipinski definition) is 4. The minimum Gasteiger partial charge on any atom is -0.388 e. The van der Waals surface area contributed by atoms with Crippen molar-refractivity contribution in [3.63, 3.8) is 0 Å². The van der Waals surface area contributed by atoms with Crippen LogP contribution in [0.25, 0.3) is 27.3 Å². The quantitative estimate of drug-likeness (QED) is 0.258. The van der Waals surface area contributed by atoms with Gasteiger partial charge in [0, 0.05) is 35.1 Å². The molecule has 4 rings (SSSR count). The number of nitrogens with one attached hydrogen (secondary N) is 1. The second-order valence-corrected chi connectivity index (χ2v) is 10.5. The zero-order valence-corrected chi connectivity index (χ0v) is 22.5. The van der Waals surface area contributed by atoms with E-state index in [-0.39, 0.29) is 12.1 Å². The Morgan fingerprint density at radius 3 is 2.47 bits per heavy atom. The Labute approximate surface area is 226 Å². The summed E-state index contributed by atoms with van der Waals surface area (Å²) in [6.07, 6.45) is -4.04. The van der Waals surface area contributed by atoms with Crippen LogP contribution in [0.1, 0.15) is 25.6 Å². The number of aliphatic hydroxyl groups excluding tert-OH is 3. The van der Waals surface area contributed by atoms with Gasteiger partial charge >= 0.3 is 0 Å². The van der Waals surface area contributed by atoms with Gasteiger partial charge in [0.25, 0.3) is 5.91 Å². The molecule has 0 saturated carbocycles. The van der Waals surface area contributed by atoms with Crippen molar-refractivity contribution in [2.24, 2.45) is 0 Å². The van der Waals surface area contributed by atoms with Crippen molar-refractivity contribution in [2.45, 2.75) is 51.3 Å². The molecule has 3 aromatic rings. The lowest BCUT2D eigenvalue weighted by atomic mass is 9.95. The van der Waals surface area contributed by atoms with E-state index >= 15 is 0 Å². The van der Waals surface area contributed by atoms with E-state index in [2.05, 4.69) is 60.5 Å². The van der Waals surface area contributed by atoms with Crippen LogP contribution in [0, 0.1) is 11.3 Å². The predicted octanol–water partition coefficient (Wildman–Crippen LogP) is 3.31. The first-order valence-electron chi connectivity index (χ1n) is 12.7. The second-order valence-electron chi connectivity index (χ2n) is 9.35. The standard InChI is InChI=1S/C29H33N3O5S/c1-4-32(5-2)22-9-8-18-12-20(7-6-19(18)13-22)25-11-10-23(38-25)14-21(15-30)29(36)31-16-24-27(34)28(35)26(33)17(3)37-24/h6-14,17,24,26-28,33-35H,4-5,16H2,1-3H3,(H,31,36)/b21-14+/t17?,24-,26+,27-,28-/m1/s1. The van der Waals surface area contributed by atoms with Crippen LogP contribution in [0.15, 0.2) is 54.1 Å². The first-order valence-corrected chi connectivity index (χ1v) is 13.6. The number of benzene rings is 2. The Kier molecular flexibility index (Phi) is 8.82. The smallest absolute Gasteiger partial charge is 0.262 e. The molecule has 1 amide bonds. The van der Waals surface area contributed by atoms with E-state index in [9.17, 15) is 25.4 Å². The molecular weight excluding hydrogens is 502 g/mol. The Morgan fingerprint density at radius 1 is 1.05 bits per heavy atom.